The van der Waals surface area contributed by atoms with Crippen LogP contribution in [-0.4, -0.2) is 43.2 Å². The summed E-state index contributed by atoms with van der Waals surface area (Å²) in [5.41, 5.74) is 8.59. The number of rotatable bonds is 9. The lowest BCUT2D eigenvalue weighted by atomic mass is 10.0. The van der Waals surface area contributed by atoms with E-state index in [0.717, 1.165) is 45.2 Å². The summed E-state index contributed by atoms with van der Waals surface area (Å²) in [5, 5.41) is 3.31. The predicted octanol–water partition coefficient (Wildman–Crippen LogP) is 3.14. The Balaban J connectivity index is 1.78. The van der Waals surface area contributed by atoms with E-state index in [2.05, 4.69) is 60.2 Å². The van der Waals surface area contributed by atoms with Gasteiger partial charge >= 0.3 is 0 Å². The third-order valence-corrected chi connectivity index (χ3v) is 4.75. The minimum Gasteiger partial charge on any atom is -0.379 e. The molecule has 2 rings (SSSR count). The summed E-state index contributed by atoms with van der Waals surface area (Å²) in [5.74, 6) is 1.30. The molecule has 1 atom stereocenters. The summed E-state index contributed by atoms with van der Waals surface area (Å²) in [6.07, 6.45) is 3.62. The number of nitrogens with two attached hydrogens (primary N) is 1. The second-order valence-corrected chi connectivity index (χ2v) is 7.78. The van der Waals surface area contributed by atoms with Crippen molar-refractivity contribution in [2.24, 2.45) is 16.6 Å². The molecule has 0 amide bonds. The van der Waals surface area contributed by atoms with Crippen molar-refractivity contribution in [3.8, 4) is 0 Å². The molecule has 0 aliphatic carbocycles. The maximum atomic E-state index is 6.06. The monoisotopic (exact) mass is 360 g/mol. The Morgan fingerprint density at radius 2 is 1.92 bits per heavy atom. The van der Waals surface area contributed by atoms with Gasteiger partial charge < -0.3 is 15.8 Å². The number of hydrogen-bond donors (Lipinski definition) is 2. The van der Waals surface area contributed by atoms with Gasteiger partial charge in [0.1, 0.15) is 0 Å². The van der Waals surface area contributed by atoms with Crippen molar-refractivity contribution in [3.63, 3.8) is 0 Å². The molecule has 1 saturated heterocycles. The van der Waals surface area contributed by atoms with Gasteiger partial charge in [0.15, 0.2) is 5.96 Å². The summed E-state index contributed by atoms with van der Waals surface area (Å²) in [4.78, 5) is 6.95. The molecule has 0 saturated carbocycles. The minimum absolute atomic E-state index is 0.366. The molecule has 0 radical (unpaired) electrons. The van der Waals surface area contributed by atoms with Crippen LogP contribution in [0.3, 0.4) is 0 Å². The molecule has 1 aliphatic heterocycles. The lowest BCUT2D eigenvalue weighted by Gasteiger charge is -2.26. The van der Waals surface area contributed by atoms with Crippen molar-refractivity contribution < 1.29 is 4.74 Å². The second-order valence-electron chi connectivity index (χ2n) is 7.78. The maximum absolute atomic E-state index is 6.06. The number of morpholine rings is 1. The first-order valence-corrected chi connectivity index (χ1v) is 9.97. The molecule has 1 unspecified atom stereocenters. The molecule has 1 fully saturated rings. The summed E-state index contributed by atoms with van der Waals surface area (Å²) in [6, 6.07) is 9.01. The van der Waals surface area contributed by atoms with Crippen molar-refractivity contribution in [2.75, 3.05) is 26.3 Å². The lowest BCUT2D eigenvalue weighted by Crippen LogP contribution is -2.38. The van der Waals surface area contributed by atoms with Gasteiger partial charge in [-0.3, -0.25) is 4.90 Å². The van der Waals surface area contributed by atoms with Crippen molar-refractivity contribution in [2.45, 2.75) is 59.2 Å². The van der Waals surface area contributed by atoms with Crippen LogP contribution in [0.1, 0.15) is 51.2 Å². The van der Waals surface area contributed by atoms with E-state index < -0.39 is 0 Å². The van der Waals surface area contributed by atoms with Crippen LogP contribution in [-0.2, 0) is 17.8 Å². The van der Waals surface area contributed by atoms with Gasteiger partial charge in [-0.05, 0) is 30.4 Å². The SMILES string of the molecule is CC(C)CCCC(C)NC(N)=NCc1cccc(CN2CCOCC2)c1. The smallest absolute Gasteiger partial charge is 0.189 e. The molecule has 1 heterocycles. The number of hydrogen-bond acceptors (Lipinski definition) is 3. The predicted molar refractivity (Wildman–Crippen MR) is 109 cm³/mol. The zero-order chi connectivity index (χ0) is 18.8. The first-order valence-electron chi connectivity index (χ1n) is 9.97. The highest BCUT2D eigenvalue weighted by atomic mass is 16.5. The highest BCUT2D eigenvalue weighted by Crippen LogP contribution is 2.11. The van der Waals surface area contributed by atoms with Crippen LogP contribution in [0.25, 0.3) is 0 Å². The van der Waals surface area contributed by atoms with E-state index in [1.165, 1.54) is 24.0 Å². The van der Waals surface area contributed by atoms with E-state index in [9.17, 15) is 0 Å². The second kappa shape index (κ2) is 11.2. The standard InChI is InChI=1S/C21H36N4O/c1-17(2)6-4-7-18(3)24-21(22)23-15-19-8-5-9-20(14-19)16-25-10-12-26-13-11-25/h5,8-9,14,17-18H,4,6-7,10-13,15-16H2,1-3H3,(H3,22,23,24). The average molecular weight is 361 g/mol. The highest BCUT2D eigenvalue weighted by molar-refractivity contribution is 5.78. The van der Waals surface area contributed by atoms with E-state index in [4.69, 9.17) is 10.5 Å². The quantitative estimate of drug-likeness (QED) is 0.525. The largest absolute Gasteiger partial charge is 0.379 e. The van der Waals surface area contributed by atoms with Crippen LogP contribution in [0.4, 0.5) is 0 Å². The maximum Gasteiger partial charge on any atom is 0.189 e. The number of benzene rings is 1. The van der Waals surface area contributed by atoms with Crippen LogP contribution >= 0.6 is 0 Å². The number of ether oxygens (including phenoxy) is 1. The number of nitrogens with zero attached hydrogens (tertiary/aromatic N) is 2. The van der Waals surface area contributed by atoms with Gasteiger partial charge in [-0.15, -0.1) is 0 Å². The van der Waals surface area contributed by atoms with Crippen molar-refractivity contribution in [3.05, 3.63) is 35.4 Å². The van der Waals surface area contributed by atoms with Gasteiger partial charge in [-0.25, -0.2) is 4.99 Å². The Kier molecular flexibility index (Phi) is 8.92. The molecule has 1 aliphatic rings. The van der Waals surface area contributed by atoms with Crippen molar-refractivity contribution in [1.29, 1.82) is 0 Å². The van der Waals surface area contributed by atoms with E-state index in [0.29, 0.717) is 18.5 Å². The van der Waals surface area contributed by atoms with Crippen LogP contribution in [0.2, 0.25) is 0 Å². The number of guanidine groups is 1. The van der Waals surface area contributed by atoms with Crippen LogP contribution in [0.5, 0.6) is 0 Å². The molecule has 0 spiro atoms. The molecule has 0 aromatic heterocycles. The van der Waals surface area contributed by atoms with Gasteiger partial charge in [0.25, 0.3) is 0 Å². The molecule has 1 aromatic rings. The lowest BCUT2D eigenvalue weighted by molar-refractivity contribution is 0.0342. The number of aliphatic imine (C=N–C) groups is 1. The van der Waals surface area contributed by atoms with Crippen molar-refractivity contribution >= 4 is 5.96 Å². The highest BCUT2D eigenvalue weighted by Gasteiger charge is 2.10. The van der Waals surface area contributed by atoms with E-state index in [1.54, 1.807) is 0 Å². The first-order chi connectivity index (χ1) is 12.5. The van der Waals surface area contributed by atoms with Gasteiger partial charge in [0.05, 0.1) is 19.8 Å². The van der Waals surface area contributed by atoms with E-state index >= 15 is 0 Å². The summed E-state index contributed by atoms with van der Waals surface area (Å²) in [6.45, 7) is 12.0. The summed E-state index contributed by atoms with van der Waals surface area (Å²) >= 11 is 0. The van der Waals surface area contributed by atoms with Crippen molar-refractivity contribution in [1.82, 2.24) is 10.2 Å². The summed E-state index contributed by atoms with van der Waals surface area (Å²) < 4.78 is 5.41. The zero-order valence-corrected chi connectivity index (χ0v) is 16.7. The Morgan fingerprint density at radius 3 is 2.65 bits per heavy atom. The zero-order valence-electron chi connectivity index (χ0n) is 16.7. The molecule has 1 aromatic carbocycles. The fourth-order valence-corrected chi connectivity index (χ4v) is 3.22. The Bertz CT molecular complexity index is 553. The fraction of sp³-hybridized carbons (Fsp3) is 0.667. The third-order valence-electron chi connectivity index (χ3n) is 4.75. The molecule has 5 heteroatoms. The topological polar surface area (TPSA) is 62.9 Å². The molecular formula is C21H36N4O. The number of nitrogens with one attached hydrogen (secondary N) is 1. The van der Waals surface area contributed by atoms with Crippen LogP contribution < -0.4 is 11.1 Å². The normalized spacial score (nSPS) is 17.5. The fourth-order valence-electron chi connectivity index (χ4n) is 3.22. The average Bonchev–Trinajstić information content (AvgIpc) is 2.61. The minimum atomic E-state index is 0.366. The van der Waals surface area contributed by atoms with E-state index in [1.807, 2.05) is 0 Å². The first kappa shape index (κ1) is 20.7. The molecule has 26 heavy (non-hydrogen) atoms. The molecule has 146 valence electrons. The van der Waals surface area contributed by atoms with Gasteiger partial charge in [-0.2, -0.15) is 0 Å². The Labute approximate surface area is 159 Å². The Morgan fingerprint density at radius 1 is 1.19 bits per heavy atom. The Hall–Kier alpha value is -1.59. The molecule has 5 nitrogen and oxygen atoms in total. The van der Waals surface area contributed by atoms with E-state index in [-0.39, 0.29) is 0 Å². The molecule has 3 N–H and O–H groups in total. The van der Waals surface area contributed by atoms with Gasteiger partial charge in [-0.1, -0.05) is 51.0 Å². The summed E-state index contributed by atoms with van der Waals surface area (Å²) in [7, 11) is 0. The van der Waals surface area contributed by atoms with Gasteiger partial charge in [0.2, 0.25) is 0 Å². The third kappa shape index (κ3) is 8.19. The van der Waals surface area contributed by atoms with Crippen LogP contribution in [0, 0.1) is 5.92 Å². The molecule has 0 bridgehead atoms. The van der Waals surface area contributed by atoms with Gasteiger partial charge in [0, 0.05) is 25.7 Å². The van der Waals surface area contributed by atoms with Crippen LogP contribution in [0.15, 0.2) is 29.3 Å². The molecular weight excluding hydrogens is 324 g/mol.